The van der Waals surface area contributed by atoms with Crippen LogP contribution in [0.5, 0.6) is 11.5 Å². The zero-order valence-electron chi connectivity index (χ0n) is 15.0. The van der Waals surface area contributed by atoms with Crippen molar-refractivity contribution in [1.82, 2.24) is 0 Å². The van der Waals surface area contributed by atoms with Crippen LogP contribution in [0.2, 0.25) is 5.02 Å². The molecule has 1 aliphatic heterocycles. The van der Waals surface area contributed by atoms with Crippen molar-refractivity contribution in [2.75, 3.05) is 22.7 Å². The summed E-state index contributed by atoms with van der Waals surface area (Å²) in [5.41, 5.74) is 1.53. The molecule has 1 amide bonds. The molecule has 1 aliphatic rings. The summed E-state index contributed by atoms with van der Waals surface area (Å²) < 4.78 is 36.4. The maximum Gasteiger partial charge on any atom is 0.247 e. The van der Waals surface area contributed by atoms with Crippen molar-refractivity contribution in [2.45, 2.75) is 19.9 Å². The number of halogens is 1. The number of sulfonamides is 1. The first-order valence-corrected chi connectivity index (χ1v) is 10.4. The van der Waals surface area contributed by atoms with Crippen molar-refractivity contribution in [2.24, 2.45) is 0 Å². The predicted molar refractivity (Wildman–Crippen MR) is 104 cm³/mol. The summed E-state index contributed by atoms with van der Waals surface area (Å²) in [5.74, 6) is 0.623. The van der Waals surface area contributed by atoms with E-state index in [4.69, 9.17) is 21.1 Å². The highest BCUT2D eigenvalue weighted by atomic mass is 35.5. The van der Waals surface area contributed by atoms with Crippen LogP contribution >= 0.6 is 11.6 Å². The molecule has 0 saturated heterocycles. The Morgan fingerprint density at radius 3 is 2.59 bits per heavy atom. The van der Waals surface area contributed by atoms with Gasteiger partial charge in [0.2, 0.25) is 22.7 Å². The summed E-state index contributed by atoms with van der Waals surface area (Å²) in [7, 11) is -3.73. The molecule has 0 bridgehead atoms. The van der Waals surface area contributed by atoms with Crippen LogP contribution in [0.15, 0.2) is 36.4 Å². The Hall–Kier alpha value is -2.45. The summed E-state index contributed by atoms with van der Waals surface area (Å²) in [6, 6.07) is 8.87. The Morgan fingerprint density at radius 2 is 1.89 bits per heavy atom. The van der Waals surface area contributed by atoms with Gasteiger partial charge in [0.15, 0.2) is 11.5 Å². The number of ether oxygens (including phenoxy) is 2. The Morgan fingerprint density at radius 1 is 1.19 bits per heavy atom. The smallest absolute Gasteiger partial charge is 0.247 e. The van der Waals surface area contributed by atoms with E-state index in [2.05, 4.69) is 5.32 Å². The highest BCUT2D eigenvalue weighted by Crippen LogP contribution is 2.34. The van der Waals surface area contributed by atoms with Crippen molar-refractivity contribution >= 4 is 38.9 Å². The van der Waals surface area contributed by atoms with Gasteiger partial charge in [-0.1, -0.05) is 17.7 Å². The monoisotopic (exact) mass is 410 g/mol. The predicted octanol–water partition coefficient (Wildman–Crippen LogP) is 3.17. The fourth-order valence-electron chi connectivity index (χ4n) is 2.82. The van der Waals surface area contributed by atoms with Crippen LogP contribution in [0, 0.1) is 6.92 Å². The summed E-state index contributed by atoms with van der Waals surface area (Å²) in [6.45, 7) is 3.40. The van der Waals surface area contributed by atoms with Gasteiger partial charge in [-0.25, -0.2) is 8.42 Å². The molecule has 2 aromatic carbocycles. The number of nitrogens with zero attached hydrogens (tertiary/aromatic N) is 1. The quantitative estimate of drug-likeness (QED) is 0.818. The van der Waals surface area contributed by atoms with Crippen LogP contribution in [-0.2, 0) is 14.8 Å². The molecule has 0 unspecified atom stereocenters. The highest BCUT2D eigenvalue weighted by Gasteiger charge is 2.30. The van der Waals surface area contributed by atoms with E-state index in [-0.39, 0.29) is 6.79 Å². The standard InChI is InChI=1S/C18H19ClN2O5S/c1-11-4-5-13(19)8-15(11)21(27(3,23)24)12(2)18(22)20-14-6-7-16-17(9-14)26-10-25-16/h4-9,12H,10H2,1-3H3,(H,20,22)/t12-/m1/s1. The number of anilines is 2. The normalized spacial score (nSPS) is 13.9. The average molecular weight is 411 g/mol. The van der Waals surface area contributed by atoms with Crippen LogP contribution in [0.3, 0.4) is 0 Å². The number of hydrogen-bond donors (Lipinski definition) is 1. The van der Waals surface area contributed by atoms with Crippen molar-refractivity contribution in [3.8, 4) is 11.5 Å². The number of carbonyl (C=O) groups excluding carboxylic acids is 1. The molecule has 0 aromatic heterocycles. The summed E-state index contributed by atoms with van der Waals surface area (Å²) in [4.78, 5) is 12.7. The van der Waals surface area contributed by atoms with Crippen molar-refractivity contribution in [3.05, 3.63) is 47.0 Å². The average Bonchev–Trinajstić information content (AvgIpc) is 3.04. The second kappa shape index (κ2) is 7.28. The number of rotatable bonds is 5. The van der Waals surface area contributed by atoms with Crippen LogP contribution in [-0.4, -0.2) is 33.4 Å². The van der Waals surface area contributed by atoms with Gasteiger partial charge in [0, 0.05) is 16.8 Å². The van der Waals surface area contributed by atoms with Gasteiger partial charge in [-0.3, -0.25) is 9.10 Å². The zero-order chi connectivity index (χ0) is 19.8. The molecular formula is C18H19ClN2O5S. The Kier molecular flexibility index (Phi) is 5.21. The second-order valence-electron chi connectivity index (χ2n) is 6.22. The van der Waals surface area contributed by atoms with Gasteiger partial charge in [-0.2, -0.15) is 0 Å². The number of carbonyl (C=O) groups is 1. The van der Waals surface area contributed by atoms with Crippen LogP contribution in [0.25, 0.3) is 0 Å². The topological polar surface area (TPSA) is 84.9 Å². The molecule has 1 N–H and O–H groups in total. The third kappa shape index (κ3) is 4.12. The molecule has 7 nitrogen and oxygen atoms in total. The van der Waals surface area contributed by atoms with Gasteiger partial charge < -0.3 is 14.8 Å². The molecular weight excluding hydrogens is 392 g/mol. The van der Waals surface area contributed by atoms with Crippen LogP contribution < -0.4 is 19.1 Å². The Balaban J connectivity index is 1.89. The highest BCUT2D eigenvalue weighted by molar-refractivity contribution is 7.92. The number of hydrogen-bond acceptors (Lipinski definition) is 5. The number of amides is 1. The lowest BCUT2D eigenvalue weighted by Gasteiger charge is -2.29. The third-order valence-corrected chi connectivity index (χ3v) is 5.60. The fourth-order valence-corrected chi connectivity index (χ4v) is 4.21. The lowest BCUT2D eigenvalue weighted by Crippen LogP contribution is -2.45. The first-order chi connectivity index (χ1) is 12.7. The molecule has 1 heterocycles. The molecule has 2 aromatic rings. The largest absolute Gasteiger partial charge is 0.454 e. The van der Waals surface area contributed by atoms with E-state index < -0.39 is 22.0 Å². The summed E-state index contributed by atoms with van der Waals surface area (Å²) in [5, 5.41) is 3.10. The van der Waals surface area contributed by atoms with E-state index in [0.29, 0.717) is 33.5 Å². The summed E-state index contributed by atoms with van der Waals surface area (Å²) >= 11 is 6.03. The maximum absolute atomic E-state index is 12.7. The molecule has 0 aliphatic carbocycles. The van der Waals surface area contributed by atoms with E-state index >= 15 is 0 Å². The Bertz CT molecular complexity index is 993. The molecule has 27 heavy (non-hydrogen) atoms. The number of benzene rings is 2. The van der Waals surface area contributed by atoms with Crippen LogP contribution in [0.4, 0.5) is 11.4 Å². The minimum Gasteiger partial charge on any atom is -0.454 e. The Labute approximate surface area is 162 Å². The first-order valence-electron chi connectivity index (χ1n) is 8.13. The molecule has 9 heteroatoms. The van der Waals surface area contributed by atoms with Gasteiger partial charge in [0.25, 0.3) is 0 Å². The van der Waals surface area contributed by atoms with Gasteiger partial charge in [0.05, 0.1) is 11.9 Å². The molecule has 3 rings (SSSR count). The molecule has 0 fully saturated rings. The van der Waals surface area contributed by atoms with E-state index in [1.807, 2.05) is 0 Å². The third-order valence-electron chi connectivity index (χ3n) is 4.14. The molecule has 0 radical (unpaired) electrons. The van der Waals surface area contributed by atoms with E-state index in [0.717, 1.165) is 10.6 Å². The first kappa shape index (κ1) is 19.3. The lowest BCUT2D eigenvalue weighted by atomic mass is 10.1. The van der Waals surface area contributed by atoms with Crippen LogP contribution in [0.1, 0.15) is 12.5 Å². The minimum absolute atomic E-state index is 0.124. The maximum atomic E-state index is 12.7. The number of nitrogens with one attached hydrogen (secondary N) is 1. The van der Waals surface area contributed by atoms with E-state index in [1.54, 1.807) is 37.3 Å². The number of aryl methyl sites for hydroxylation is 1. The van der Waals surface area contributed by atoms with Gasteiger partial charge >= 0.3 is 0 Å². The molecule has 1 atom stereocenters. The lowest BCUT2D eigenvalue weighted by molar-refractivity contribution is -0.116. The van der Waals surface area contributed by atoms with Crippen molar-refractivity contribution in [1.29, 1.82) is 0 Å². The number of fused-ring (bicyclic) bond motifs is 1. The minimum atomic E-state index is -3.73. The van der Waals surface area contributed by atoms with Gasteiger partial charge in [-0.05, 0) is 43.7 Å². The van der Waals surface area contributed by atoms with Crippen molar-refractivity contribution in [3.63, 3.8) is 0 Å². The molecule has 0 spiro atoms. The summed E-state index contributed by atoms with van der Waals surface area (Å²) in [6.07, 6.45) is 1.05. The molecule has 0 saturated carbocycles. The van der Waals surface area contributed by atoms with Crippen molar-refractivity contribution < 1.29 is 22.7 Å². The fraction of sp³-hybridized carbons (Fsp3) is 0.278. The molecule has 144 valence electrons. The van der Waals surface area contributed by atoms with Gasteiger partial charge in [-0.15, -0.1) is 0 Å². The van der Waals surface area contributed by atoms with E-state index in [1.165, 1.54) is 13.0 Å². The van der Waals surface area contributed by atoms with E-state index in [9.17, 15) is 13.2 Å². The zero-order valence-corrected chi connectivity index (χ0v) is 16.6. The SMILES string of the molecule is Cc1ccc(Cl)cc1N([C@H](C)C(=O)Nc1ccc2c(c1)OCO2)S(C)(=O)=O. The second-order valence-corrected chi connectivity index (χ2v) is 8.52. The van der Waals surface area contributed by atoms with Gasteiger partial charge in [0.1, 0.15) is 6.04 Å².